The molecular formula is C31H48O8. The third kappa shape index (κ3) is 14.5. The molecule has 39 heavy (non-hydrogen) atoms. The first kappa shape index (κ1) is 33.9. The Balaban J connectivity index is 3.39. The van der Waals surface area contributed by atoms with Gasteiger partial charge in [-0.25, -0.2) is 9.59 Å². The van der Waals surface area contributed by atoms with Crippen molar-refractivity contribution in [3.8, 4) is 11.5 Å². The zero-order valence-electron chi connectivity index (χ0n) is 25.1. The first-order valence-electron chi connectivity index (χ1n) is 14.0. The van der Waals surface area contributed by atoms with Gasteiger partial charge in [0.15, 0.2) is 0 Å². The van der Waals surface area contributed by atoms with Crippen LogP contribution in [0, 0.1) is 0 Å². The van der Waals surface area contributed by atoms with E-state index < -0.39 is 24.9 Å². The number of carbonyl (C=O) groups excluding carboxylic acids is 2. The highest BCUT2D eigenvalue weighted by Crippen LogP contribution is 2.34. The molecule has 2 unspecified atom stereocenters. The van der Waals surface area contributed by atoms with E-state index in [0.29, 0.717) is 17.9 Å². The van der Waals surface area contributed by atoms with E-state index in [1.807, 2.05) is 12.1 Å². The molecule has 0 saturated heterocycles. The van der Waals surface area contributed by atoms with Crippen molar-refractivity contribution < 1.29 is 38.0 Å². The average molecular weight is 549 g/mol. The Morgan fingerprint density at radius 2 is 1.36 bits per heavy atom. The summed E-state index contributed by atoms with van der Waals surface area (Å²) in [7, 11) is 0. The Morgan fingerprint density at radius 3 is 1.82 bits per heavy atom. The van der Waals surface area contributed by atoms with Gasteiger partial charge in [-0.3, -0.25) is 0 Å². The van der Waals surface area contributed by atoms with Crippen molar-refractivity contribution in [1.29, 1.82) is 0 Å². The predicted molar refractivity (Wildman–Crippen MR) is 152 cm³/mol. The Hall–Kier alpha value is -3.16. The minimum atomic E-state index is -0.891. The number of hydrogen-bond donors (Lipinski definition) is 0. The molecule has 0 radical (unpaired) electrons. The molecule has 220 valence electrons. The smallest absolute Gasteiger partial charge is 0.454 e. The van der Waals surface area contributed by atoms with E-state index in [0.717, 1.165) is 49.7 Å². The topological polar surface area (TPSA) is 89.5 Å². The van der Waals surface area contributed by atoms with Crippen LogP contribution in [0.4, 0.5) is 9.59 Å². The van der Waals surface area contributed by atoms with Crippen LogP contribution in [0.5, 0.6) is 11.5 Å². The molecule has 0 heterocycles. The molecule has 0 spiro atoms. The fourth-order valence-electron chi connectivity index (χ4n) is 3.76. The van der Waals surface area contributed by atoms with Gasteiger partial charge in [0.05, 0.1) is 13.2 Å². The molecule has 0 bridgehead atoms. The number of unbranched alkanes of at least 4 members (excludes halogenated alkanes) is 2. The SMILES string of the molecule is CCCCCc1cc(OC(C)OC(=O)OCC)c(C/C=C(\C)CCC=C(C)C)c(OC(C)OC(=O)OCC)c1. The third-order valence-electron chi connectivity index (χ3n) is 5.68. The number of rotatable bonds is 17. The van der Waals surface area contributed by atoms with Gasteiger partial charge in [0.2, 0.25) is 12.6 Å². The summed E-state index contributed by atoms with van der Waals surface area (Å²) in [6, 6.07) is 3.93. The van der Waals surface area contributed by atoms with Gasteiger partial charge in [0.1, 0.15) is 11.5 Å². The van der Waals surface area contributed by atoms with Crippen LogP contribution in [0.2, 0.25) is 0 Å². The van der Waals surface area contributed by atoms with Crippen LogP contribution in [0.25, 0.3) is 0 Å². The van der Waals surface area contributed by atoms with E-state index in [-0.39, 0.29) is 13.2 Å². The summed E-state index contributed by atoms with van der Waals surface area (Å²) in [6.45, 7) is 15.5. The third-order valence-corrected chi connectivity index (χ3v) is 5.68. The number of hydrogen-bond acceptors (Lipinski definition) is 8. The van der Waals surface area contributed by atoms with Crippen molar-refractivity contribution in [2.75, 3.05) is 13.2 Å². The summed E-state index contributed by atoms with van der Waals surface area (Å²) < 4.78 is 32.6. The molecule has 0 N–H and O–H groups in total. The molecule has 1 rings (SSSR count). The van der Waals surface area contributed by atoms with Gasteiger partial charge in [0, 0.05) is 19.4 Å². The maximum absolute atomic E-state index is 11.9. The van der Waals surface area contributed by atoms with E-state index in [4.69, 9.17) is 28.4 Å². The second-order valence-corrected chi connectivity index (χ2v) is 9.58. The first-order chi connectivity index (χ1) is 18.6. The minimum Gasteiger partial charge on any atom is -0.454 e. The van der Waals surface area contributed by atoms with Crippen LogP contribution in [0.1, 0.15) is 98.6 Å². The molecule has 0 fully saturated rings. The summed E-state index contributed by atoms with van der Waals surface area (Å²) in [5.41, 5.74) is 4.28. The molecule has 2 atom stereocenters. The summed E-state index contributed by atoms with van der Waals surface area (Å²) in [6.07, 6.45) is 7.38. The fraction of sp³-hybridized carbons (Fsp3) is 0.613. The van der Waals surface area contributed by atoms with E-state index in [1.54, 1.807) is 27.7 Å². The lowest BCUT2D eigenvalue weighted by atomic mass is 10.00. The van der Waals surface area contributed by atoms with Crippen LogP contribution in [-0.4, -0.2) is 38.1 Å². The Bertz CT molecular complexity index is 897. The number of ether oxygens (including phenoxy) is 6. The fourth-order valence-corrected chi connectivity index (χ4v) is 3.76. The zero-order valence-corrected chi connectivity index (χ0v) is 25.1. The van der Waals surface area contributed by atoms with E-state index >= 15 is 0 Å². The Morgan fingerprint density at radius 1 is 0.821 bits per heavy atom. The van der Waals surface area contributed by atoms with Crippen LogP contribution in [0.15, 0.2) is 35.4 Å². The van der Waals surface area contributed by atoms with Gasteiger partial charge < -0.3 is 28.4 Å². The number of carbonyl (C=O) groups is 2. The van der Waals surface area contributed by atoms with Crippen LogP contribution in [-0.2, 0) is 31.8 Å². The van der Waals surface area contributed by atoms with Gasteiger partial charge in [0.25, 0.3) is 0 Å². The predicted octanol–water partition coefficient (Wildman–Crippen LogP) is 8.45. The normalized spacial score (nSPS) is 12.7. The van der Waals surface area contributed by atoms with Crippen molar-refractivity contribution >= 4 is 12.3 Å². The quantitative estimate of drug-likeness (QED) is 0.0829. The van der Waals surface area contributed by atoms with Crippen LogP contribution >= 0.6 is 0 Å². The maximum Gasteiger partial charge on any atom is 0.511 e. The maximum atomic E-state index is 11.9. The summed E-state index contributed by atoms with van der Waals surface area (Å²) >= 11 is 0. The monoisotopic (exact) mass is 548 g/mol. The molecule has 0 aliphatic carbocycles. The lowest BCUT2D eigenvalue weighted by Crippen LogP contribution is -2.24. The standard InChI is InChI=1S/C31H48O8/c1-9-12-13-17-26-20-28(36-24(7)38-30(32)34-10-2)27(19-18-23(6)16-14-15-22(4)5)29(21-26)37-25(8)39-31(33)35-11-3/h15,18,20-21,24-25H,9-14,16-17,19H2,1-8H3/b23-18+. The lowest BCUT2D eigenvalue weighted by molar-refractivity contribution is -0.0548. The van der Waals surface area contributed by atoms with Crippen LogP contribution in [0.3, 0.4) is 0 Å². The second kappa shape index (κ2) is 19.0. The Kier molecular flexibility index (Phi) is 16.5. The summed E-state index contributed by atoms with van der Waals surface area (Å²) in [5, 5.41) is 0. The molecule has 0 aliphatic heterocycles. The second-order valence-electron chi connectivity index (χ2n) is 9.58. The summed E-state index contributed by atoms with van der Waals surface area (Å²) in [4.78, 5) is 23.8. The number of allylic oxidation sites excluding steroid dienone is 4. The molecule has 1 aromatic carbocycles. The van der Waals surface area contributed by atoms with Gasteiger partial charge in [-0.2, -0.15) is 0 Å². The van der Waals surface area contributed by atoms with E-state index in [1.165, 1.54) is 11.1 Å². The minimum absolute atomic E-state index is 0.205. The molecule has 8 nitrogen and oxygen atoms in total. The van der Waals surface area contributed by atoms with E-state index in [9.17, 15) is 9.59 Å². The first-order valence-corrected chi connectivity index (χ1v) is 14.0. The zero-order chi connectivity index (χ0) is 29.2. The summed E-state index contributed by atoms with van der Waals surface area (Å²) in [5.74, 6) is 1.07. The Labute approximate surface area is 234 Å². The number of benzene rings is 1. The molecule has 0 aliphatic rings. The van der Waals surface area contributed by atoms with Gasteiger partial charge in [-0.15, -0.1) is 0 Å². The van der Waals surface area contributed by atoms with Crippen molar-refractivity contribution in [3.63, 3.8) is 0 Å². The number of aryl methyl sites for hydroxylation is 1. The average Bonchev–Trinajstić information content (AvgIpc) is 2.83. The van der Waals surface area contributed by atoms with Crippen molar-refractivity contribution in [2.24, 2.45) is 0 Å². The van der Waals surface area contributed by atoms with Crippen molar-refractivity contribution in [2.45, 2.75) is 113 Å². The van der Waals surface area contributed by atoms with Gasteiger partial charge in [-0.1, -0.05) is 43.1 Å². The van der Waals surface area contributed by atoms with Crippen molar-refractivity contribution in [1.82, 2.24) is 0 Å². The van der Waals surface area contributed by atoms with Gasteiger partial charge >= 0.3 is 12.3 Å². The van der Waals surface area contributed by atoms with E-state index in [2.05, 4.69) is 39.8 Å². The molecule has 1 aromatic rings. The lowest BCUT2D eigenvalue weighted by Gasteiger charge is -2.22. The largest absolute Gasteiger partial charge is 0.511 e. The molecular weight excluding hydrogens is 500 g/mol. The highest BCUT2D eigenvalue weighted by Gasteiger charge is 2.20. The molecule has 8 heteroatoms. The van der Waals surface area contributed by atoms with Crippen molar-refractivity contribution in [3.05, 3.63) is 46.6 Å². The highest BCUT2D eigenvalue weighted by atomic mass is 16.8. The molecule has 0 amide bonds. The van der Waals surface area contributed by atoms with Crippen LogP contribution < -0.4 is 9.47 Å². The highest BCUT2D eigenvalue weighted by molar-refractivity contribution is 5.60. The van der Waals surface area contributed by atoms with Gasteiger partial charge in [-0.05, 0) is 84.4 Å². The molecule has 0 aromatic heterocycles. The molecule has 0 saturated carbocycles.